The first-order valence-electron chi connectivity index (χ1n) is 14.8. The van der Waals surface area contributed by atoms with E-state index in [2.05, 4.69) is 32.4 Å². The Hall–Kier alpha value is -3.57. The van der Waals surface area contributed by atoms with Crippen molar-refractivity contribution in [3.63, 3.8) is 0 Å². The number of nitrogens with one attached hydrogen (secondary N) is 4. The molecule has 1 fully saturated rings. The van der Waals surface area contributed by atoms with Crippen LogP contribution in [0.15, 0.2) is 24.4 Å². The van der Waals surface area contributed by atoms with E-state index in [9.17, 15) is 19.2 Å². The Balaban J connectivity index is 1.64. The molecule has 0 aromatic carbocycles. The number of amides is 4. The van der Waals surface area contributed by atoms with Crippen molar-refractivity contribution < 1.29 is 23.9 Å². The van der Waals surface area contributed by atoms with E-state index in [1.165, 1.54) is 12.1 Å². The molecule has 1 aromatic rings. The summed E-state index contributed by atoms with van der Waals surface area (Å²) in [6.45, 7) is 9.42. The summed E-state index contributed by atoms with van der Waals surface area (Å²) in [5.41, 5.74) is 5.95. The summed E-state index contributed by atoms with van der Waals surface area (Å²) in [7, 11) is 1.54. The summed E-state index contributed by atoms with van der Waals surface area (Å²) in [4.78, 5) is 57.6. The molecule has 4 N–H and O–H groups in total. The first-order chi connectivity index (χ1) is 20.0. The Kier molecular flexibility index (Phi) is 10.2. The molecule has 1 aliphatic carbocycles. The summed E-state index contributed by atoms with van der Waals surface area (Å²) < 4.78 is 5.63. The van der Waals surface area contributed by atoms with Crippen LogP contribution in [-0.4, -0.2) is 77.5 Å². The molecule has 3 aliphatic rings. The van der Waals surface area contributed by atoms with Crippen molar-refractivity contribution in [3.8, 4) is 0 Å². The maximum atomic E-state index is 13.3. The highest BCUT2D eigenvalue weighted by molar-refractivity contribution is 5.92. The Labute approximate surface area is 247 Å². The minimum absolute atomic E-state index is 0.0828. The molecule has 1 unspecified atom stereocenters. The molecule has 4 amide bonds. The number of ether oxygens (including phenoxy) is 1. The number of rotatable bonds is 2. The van der Waals surface area contributed by atoms with Gasteiger partial charge in [0.25, 0.3) is 5.91 Å². The summed E-state index contributed by atoms with van der Waals surface area (Å²) in [5, 5.41) is 10.2. The van der Waals surface area contributed by atoms with Gasteiger partial charge in [-0.05, 0) is 62.3 Å². The number of hydrogen-bond acceptors (Lipinski definition) is 7. The maximum Gasteiger partial charge on any atom is 0.258 e. The molecular weight excluding hydrogens is 536 g/mol. The number of methoxy groups -OCH3 is 1. The van der Waals surface area contributed by atoms with E-state index in [4.69, 9.17) is 4.74 Å². The summed E-state index contributed by atoms with van der Waals surface area (Å²) in [6.07, 6.45) is 11.0. The van der Waals surface area contributed by atoms with E-state index >= 15 is 0 Å². The highest BCUT2D eigenvalue weighted by Crippen LogP contribution is 2.26. The summed E-state index contributed by atoms with van der Waals surface area (Å²) in [6, 6.07) is -0.399. The van der Waals surface area contributed by atoms with E-state index in [1.807, 2.05) is 45.2 Å². The van der Waals surface area contributed by atoms with Gasteiger partial charge in [0.05, 0.1) is 17.7 Å². The molecule has 42 heavy (non-hydrogen) atoms. The van der Waals surface area contributed by atoms with E-state index in [1.54, 1.807) is 19.9 Å². The number of fused-ring (bicyclic) bond motifs is 4. The Morgan fingerprint density at radius 2 is 1.74 bits per heavy atom. The largest absolute Gasteiger partial charge is 0.377 e. The number of hydrazine groups is 1. The standard InChI is InChI=1S/C31H44N6O5/c1-17(2)27-30(40)34-20(5)31(41)37-13-7-8-25(36-37)29(39)33-19(4)21-9-10-22-16-32-24(15-23(22)14-21)11-12-26(42-6)18(3)28(38)35-27/h9-12,15-21,25-27,36H,7-8,13-14H2,1-6H3,(H,33,39)(H,34,40)(H,35,38)/b12-11+/t18-,19-,20+,21?,25+,26-,27+/m1/s1. The van der Waals surface area contributed by atoms with Crippen LogP contribution in [0.5, 0.6) is 0 Å². The summed E-state index contributed by atoms with van der Waals surface area (Å²) in [5.74, 6) is -2.05. The monoisotopic (exact) mass is 580 g/mol. The SMILES string of the molecule is CO[C@@H]1/C=C/c2cc3c(cn2)C=CC(C3)[C@@H](C)NC(=O)[C@@H]2CCCN(N2)C(=O)[C@H](C)NC(=O)[C@H](C(C)C)NC(=O)[C@@H]1C. The Morgan fingerprint density at radius 1 is 0.976 bits per heavy atom. The van der Waals surface area contributed by atoms with E-state index in [0.717, 1.165) is 23.2 Å². The molecule has 3 heterocycles. The zero-order valence-electron chi connectivity index (χ0n) is 25.3. The third-order valence-corrected chi connectivity index (χ3v) is 8.42. The van der Waals surface area contributed by atoms with Gasteiger partial charge in [-0.25, -0.2) is 5.43 Å². The van der Waals surface area contributed by atoms with Crippen molar-refractivity contribution in [2.75, 3.05) is 13.7 Å². The molecular formula is C31H44N6O5. The molecule has 1 saturated heterocycles. The van der Waals surface area contributed by atoms with Gasteiger partial charge < -0.3 is 20.7 Å². The Bertz CT molecular complexity index is 1250. The van der Waals surface area contributed by atoms with Crippen LogP contribution in [-0.2, 0) is 30.3 Å². The molecule has 11 nitrogen and oxygen atoms in total. The highest BCUT2D eigenvalue weighted by atomic mass is 16.5. The van der Waals surface area contributed by atoms with Crippen LogP contribution >= 0.6 is 0 Å². The van der Waals surface area contributed by atoms with Gasteiger partial charge in [0.1, 0.15) is 18.1 Å². The van der Waals surface area contributed by atoms with Gasteiger partial charge in [-0.3, -0.25) is 29.2 Å². The third-order valence-electron chi connectivity index (χ3n) is 8.42. The zero-order chi connectivity index (χ0) is 30.6. The van der Waals surface area contributed by atoms with Gasteiger partial charge in [0.15, 0.2) is 0 Å². The lowest BCUT2D eigenvalue weighted by Crippen LogP contribution is -2.62. The van der Waals surface area contributed by atoms with Gasteiger partial charge in [-0.2, -0.15) is 0 Å². The van der Waals surface area contributed by atoms with Gasteiger partial charge in [0, 0.05) is 31.8 Å². The predicted octanol–water partition coefficient (Wildman–Crippen LogP) is 1.59. The molecule has 7 atom stereocenters. The fourth-order valence-electron chi connectivity index (χ4n) is 5.61. The van der Waals surface area contributed by atoms with Crippen LogP contribution < -0.4 is 21.4 Å². The number of pyridine rings is 1. The topological polar surface area (TPSA) is 142 Å². The van der Waals surface area contributed by atoms with Crippen molar-refractivity contribution in [1.82, 2.24) is 31.4 Å². The van der Waals surface area contributed by atoms with Crippen LogP contribution in [0, 0.1) is 17.8 Å². The number of aromatic nitrogens is 1. The molecule has 0 radical (unpaired) electrons. The lowest BCUT2D eigenvalue weighted by molar-refractivity contribution is -0.143. The van der Waals surface area contributed by atoms with Crippen LogP contribution in [0.25, 0.3) is 12.2 Å². The number of hydrogen-bond donors (Lipinski definition) is 4. The van der Waals surface area contributed by atoms with Crippen LogP contribution in [0.1, 0.15) is 64.3 Å². The van der Waals surface area contributed by atoms with E-state index in [-0.39, 0.29) is 35.6 Å². The van der Waals surface area contributed by atoms with Crippen molar-refractivity contribution in [1.29, 1.82) is 0 Å². The Morgan fingerprint density at radius 3 is 2.45 bits per heavy atom. The van der Waals surface area contributed by atoms with Crippen LogP contribution in [0.4, 0.5) is 0 Å². The molecule has 228 valence electrons. The first-order valence-corrected chi connectivity index (χ1v) is 14.8. The fourth-order valence-corrected chi connectivity index (χ4v) is 5.61. The second kappa shape index (κ2) is 13.6. The van der Waals surface area contributed by atoms with Crippen molar-refractivity contribution in [2.45, 2.75) is 84.2 Å². The molecule has 2 aliphatic heterocycles. The van der Waals surface area contributed by atoms with E-state index < -0.39 is 36.1 Å². The molecule has 0 saturated carbocycles. The lowest BCUT2D eigenvalue weighted by Gasteiger charge is -2.36. The van der Waals surface area contributed by atoms with Crippen molar-refractivity contribution in [2.24, 2.45) is 17.8 Å². The quantitative estimate of drug-likeness (QED) is 0.416. The summed E-state index contributed by atoms with van der Waals surface area (Å²) >= 11 is 0. The normalized spacial score (nSPS) is 32.0. The average molecular weight is 581 g/mol. The molecule has 5 bridgehead atoms. The first kappa shape index (κ1) is 31.4. The van der Waals surface area contributed by atoms with Crippen molar-refractivity contribution >= 4 is 35.8 Å². The second-order valence-corrected chi connectivity index (χ2v) is 12.0. The van der Waals surface area contributed by atoms with Gasteiger partial charge in [0.2, 0.25) is 17.7 Å². The molecule has 0 spiro atoms. The van der Waals surface area contributed by atoms with Gasteiger partial charge in [-0.15, -0.1) is 0 Å². The van der Waals surface area contributed by atoms with Crippen molar-refractivity contribution in [3.05, 3.63) is 41.2 Å². The molecule has 11 heteroatoms. The van der Waals surface area contributed by atoms with E-state index in [0.29, 0.717) is 19.4 Å². The molecule has 4 rings (SSSR count). The zero-order valence-corrected chi connectivity index (χ0v) is 25.3. The van der Waals surface area contributed by atoms with Gasteiger partial charge >= 0.3 is 0 Å². The molecule has 1 aromatic heterocycles. The highest BCUT2D eigenvalue weighted by Gasteiger charge is 2.34. The second-order valence-electron chi connectivity index (χ2n) is 12.0. The third kappa shape index (κ3) is 7.25. The van der Waals surface area contributed by atoms with Crippen LogP contribution in [0.3, 0.4) is 0 Å². The average Bonchev–Trinajstić information content (AvgIpc) is 2.98. The number of carbonyl (C=O) groups is 4. The van der Waals surface area contributed by atoms with Crippen LogP contribution in [0.2, 0.25) is 0 Å². The maximum absolute atomic E-state index is 13.3. The number of nitrogens with zero attached hydrogens (tertiary/aromatic N) is 2. The fraction of sp³-hybridized carbons (Fsp3) is 0.581. The predicted molar refractivity (Wildman–Crippen MR) is 159 cm³/mol. The lowest BCUT2D eigenvalue weighted by atomic mass is 9.86. The number of carbonyl (C=O) groups excluding carboxylic acids is 4. The minimum atomic E-state index is -0.864. The smallest absolute Gasteiger partial charge is 0.258 e. The minimum Gasteiger partial charge on any atom is -0.377 e. The van der Waals surface area contributed by atoms with Gasteiger partial charge in [-0.1, -0.05) is 39.0 Å².